The summed E-state index contributed by atoms with van der Waals surface area (Å²) in [6.07, 6.45) is 1.94. The quantitative estimate of drug-likeness (QED) is 0.692. The van der Waals surface area contributed by atoms with Crippen molar-refractivity contribution in [1.82, 2.24) is 10.2 Å². The molecule has 0 unspecified atom stereocenters. The number of nitrogens with one attached hydrogen (secondary N) is 1. The molecule has 5 rings (SSSR count). The van der Waals surface area contributed by atoms with E-state index < -0.39 is 17.4 Å². The van der Waals surface area contributed by atoms with Gasteiger partial charge in [-0.15, -0.1) is 0 Å². The van der Waals surface area contributed by atoms with E-state index >= 15 is 0 Å². The lowest BCUT2D eigenvalue weighted by atomic mass is 9.67. The molecule has 3 aliphatic rings. The molecule has 7 heteroatoms. The van der Waals surface area contributed by atoms with Gasteiger partial charge in [0.2, 0.25) is 11.8 Å². The number of para-hydroxylation sites is 2. The lowest BCUT2D eigenvalue weighted by Gasteiger charge is -2.55. The summed E-state index contributed by atoms with van der Waals surface area (Å²) in [5, 5.41) is 2.56. The van der Waals surface area contributed by atoms with Crippen molar-refractivity contribution < 1.29 is 14.4 Å². The maximum absolute atomic E-state index is 14.1. The largest absolute Gasteiger partial charge is 0.368 e. The molecule has 0 aliphatic carbocycles. The van der Waals surface area contributed by atoms with E-state index in [1.54, 1.807) is 0 Å². The number of urea groups is 1. The van der Waals surface area contributed by atoms with Gasteiger partial charge < -0.3 is 9.80 Å². The third kappa shape index (κ3) is 3.63. The Labute approximate surface area is 200 Å². The Morgan fingerprint density at radius 1 is 1.00 bits per heavy atom. The zero-order valence-electron chi connectivity index (χ0n) is 19.9. The van der Waals surface area contributed by atoms with Gasteiger partial charge in [0.25, 0.3) is 0 Å². The molecule has 4 amide bonds. The molecule has 0 saturated carbocycles. The lowest BCUT2D eigenvalue weighted by molar-refractivity contribution is -0.153. The van der Waals surface area contributed by atoms with Gasteiger partial charge in [0, 0.05) is 37.6 Å². The molecule has 1 spiro atoms. The highest BCUT2D eigenvalue weighted by Crippen LogP contribution is 2.46. The number of hydrogen-bond acceptors (Lipinski definition) is 5. The van der Waals surface area contributed by atoms with Crippen molar-refractivity contribution in [2.24, 2.45) is 11.3 Å². The molecule has 3 heterocycles. The minimum atomic E-state index is -1.34. The van der Waals surface area contributed by atoms with Crippen LogP contribution in [0.5, 0.6) is 0 Å². The molecule has 7 nitrogen and oxygen atoms in total. The highest BCUT2D eigenvalue weighted by atomic mass is 16.2. The third-order valence-electron chi connectivity index (χ3n) is 7.50. The molecule has 178 valence electrons. The summed E-state index contributed by atoms with van der Waals surface area (Å²) in [5.41, 5.74) is 1.79. The van der Waals surface area contributed by atoms with Crippen LogP contribution < -0.4 is 15.1 Å². The van der Waals surface area contributed by atoms with Crippen molar-refractivity contribution in [2.45, 2.75) is 39.2 Å². The smallest absolute Gasteiger partial charge is 0.330 e. The molecular formula is C27H32N4O3. The number of imide groups is 2. The molecule has 2 saturated heterocycles. The van der Waals surface area contributed by atoms with E-state index in [-0.39, 0.29) is 11.9 Å². The number of amides is 4. The first-order chi connectivity index (χ1) is 16.4. The topological polar surface area (TPSA) is 73.0 Å². The van der Waals surface area contributed by atoms with Gasteiger partial charge in [0.15, 0.2) is 5.41 Å². The Morgan fingerprint density at radius 3 is 2.50 bits per heavy atom. The van der Waals surface area contributed by atoms with E-state index in [9.17, 15) is 14.4 Å². The predicted molar refractivity (Wildman–Crippen MR) is 132 cm³/mol. The van der Waals surface area contributed by atoms with Gasteiger partial charge >= 0.3 is 6.03 Å². The highest BCUT2D eigenvalue weighted by Gasteiger charge is 2.62. The fraction of sp³-hybridized carbons (Fsp3) is 0.444. The first-order valence-corrected chi connectivity index (χ1v) is 12.2. The number of nitrogens with zero attached hydrogens (tertiary/aromatic N) is 3. The molecule has 1 N–H and O–H groups in total. The summed E-state index contributed by atoms with van der Waals surface area (Å²) in [7, 11) is 0. The van der Waals surface area contributed by atoms with Crippen molar-refractivity contribution in [1.29, 1.82) is 0 Å². The number of hydrogen-bond donors (Lipinski definition) is 1. The summed E-state index contributed by atoms with van der Waals surface area (Å²) in [6, 6.07) is 17.2. The normalized spacial score (nSPS) is 24.4. The molecule has 0 radical (unpaired) electrons. The first-order valence-electron chi connectivity index (χ1n) is 12.2. The second kappa shape index (κ2) is 8.78. The molecule has 34 heavy (non-hydrogen) atoms. The van der Waals surface area contributed by atoms with Crippen LogP contribution in [0.25, 0.3) is 0 Å². The molecule has 0 bridgehead atoms. The van der Waals surface area contributed by atoms with Gasteiger partial charge in [-0.1, -0.05) is 50.2 Å². The summed E-state index contributed by atoms with van der Waals surface area (Å²) in [4.78, 5) is 46.2. The maximum Gasteiger partial charge on any atom is 0.330 e. The molecular weight excluding hydrogens is 428 g/mol. The minimum absolute atomic E-state index is 0.297. The molecule has 2 aromatic rings. The van der Waals surface area contributed by atoms with Crippen molar-refractivity contribution in [3.63, 3.8) is 0 Å². The summed E-state index contributed by atoms with van der Waals surface area (Å²) < 4.78 is 0. The van der Waals surface area contributed by atoms with E-state index in [1.165, 1.54) is 4.90 Å². The van der Waals surface area contributed by atoms with Gasteiger partial charge in [0.05, 0.1) is 6.04 Å². The number of piperazine rings is 1. The van der Waals surface area contributed by atoms with Crippen LogP contribution in [0.3, 0.4) is 0 Å². The van der Waals surface area contributed by atoms with Crippen molar-refractivity contribution in [3.05, 3.63) is 60.2 Å². The molecule has 3 aliphatic heterocycles. The number of benzene rings is 2. The van der Waals surface area contributed by atoms with E-state index in [0.717, 1.165) is 36.3 Å². The number of carbonyl (C=O) groups is 3. The zero-order valence-corrected chi connectivity index (χ0v) is 19.9. The Kier molecular flexibility index (Phi) is 5.80. The van der Waals surface area contributed by atoms with Gasteiger partial charge in [-0.3, -0.25) is 19.8 Å². The molecule has 2 fully saturated rings. The van der Waals surface area contributed by atoms with Crippen LogP contribution in [-0.2, 0) is 16.0 Å². The van der Waals surface area contributed by atoms with Crippen LogP contribution in [0.2, 0.25) is 0 Å². The Hall–Kier alpha value is -3.35. The Morgan fingerprint density at radius 2 is 1.74 bits per heavy atom. The second-order valence-electron chi connectivity index (χ2n) is 10.0. The molecule has 0 aromatic heterocycles. The van der Waals surface area contributed by atoms with Gasteiger partial charge in [0.1, 0.15) is 0 Å². The van der Waals surface area contributed by atoms with Crippen LogP contribution in [0, 0.1) is 11.3 Å². The summed E-state index contributed by atoms with van der Waals surface area (Å²) in [5.74, 6) is -0.347. The summed E-state index contributed by atoms with van der Waals surface area (Å²) in [6.45, 7) is 6.59. The van der Waals surface area contributed by atoms with Gasteiger partial charge in [-0.2, -0.15) is 0 Å². The average Bonchev–Trinajstić information content (AvgIpc) is 2.84. The van der Waals surface area contributed by atoms with Crippen LogP contribution in [-0.4, -0.2) is 55.0 Å². The number of barbiturate groups is 1. The zero-order chi connectivity index (χ0) is 23.9. The third-order valence-corrected chi connectivity index (χ3v) is 7.50. The van der Waals surface area contributed by atoms with Crippen LogP contribution >= 0.6 is 0 Å². The van der Waals surface area contributed by atoms with Crippen molar-refractivity contribution in [3.8, 4) is 0 Å². The van der Waals surface area contributed by atoms with E-state index in [2.05, 4.69) is 47.2 Å². The Bertz CT molecular complexity index is 1100. The standard InChI is InChI=1S/C27H32N4O3/c1-19(2)9-8-14-31-25(33)27(24(32)28-26(31)34)17-20-10-6-7-13-22(20)30-16-15-29(18-23(27)30)21-11-4-3-5-12-21/h3-7,10-13,19,23H,8-9,14-18H2,1-2H3,(H,28,32,34)/t23-,27-/m0/s1. The molecule has 2 aromatic carbocycles. The SMILES string of the molecule is CC(C)CCCN1C(=O)NC(=O)[C@@]2(Cc3ccccc3N3CCN(c4ccccc4)C[C@H]32)C1=O. The number of anilines is 2. The van der Waals surface area contributed by atoms with Gasteiger partial charge in [-0.25, -0.2) is 4.79 Å². The fourth-order valence-electron chi connectivity index (χ4n) is 5.74. The second-order valence-corrected chi connectivity index (χ2v) is 10.0. The predicted octanol–water partition coefficient (Wildman–Crippen LogP) is 3.44. The number of rotatable bonds is 5. The first kappa shape index (κ1) is 22.4. The van der Waals surface area contributed by atoms with Crippen LogP contribution in [0.4, 0.5) is 16.2 Å². The van der Waals surface area contributed by atoms with Crippen LogP contribution in [0.1, 0.15) is 32.3 Å². The lowest BCUT2D eigenvalue weighted by Crippen LogP contribution is -2.75. The van der Waals surface area contributed by atoms with Crippen LogP contribution in [0.15, 0.2) is 54.6 Å². The molecule has 2 atom stereocenters. The van der Waals surface area contributed by atoms with Crippen molar-refractivity contribution in [2.75, 3.05) is 36.0 Å². The van der Waals surface area contributed by atoms with E-state index in [4.69, 9.17) is 0 Å². The minimum Gasteiger partial charge on any atom is -0.368 e. The number of fused-ring (bicyclic) bond motifs is 4. The van der Waals surface area contributed by atoms with E-state index in [0.29, 0.717) is 32.0 Å². The number of carbonyl (C=O) groups excluding carboxylic acids is 3. The van der Waals surface area contributed by atoms with Gasteiger partial charge in [-0.05, 0) is 48.9 Å². The highest BCUT2D eigenvalue weighted by molar-refractivity contribution is 6.20. The fourth-order valence-corrected chi connectivity index (χ4v) is 5.74. The summed E-state index contributed by atoms with van der Waals surface area (Å²) >= 11 is 0. The Balaban J connectivity index is 1.55. The maximum atomic E-state index is 14.1. The van der Waals surface area contributed by atoms with Crippen molar-refractivity contribution >= 4 is 29.2 Å². The average molecular weight is 461 g/mol. The monoisotopic (exact) mass is 460 g/mol. The van der Waals surface area contributed by atoms with E-state index in [1.807, 2.05) is 36.4 Å².